The van der Waals surface area contributed by atoms with E-state index in [2.05, 4.69) is 0 Å². The van der Waals surface area contributed by atoms with Crippen LogP contribution in [0.25, 0.3) is 0 Å². The third-order valence-corrected chi connectivity index (χ3v) is 3.93. The molecule has 0 aromatic carbocycles. The summed E-state index contributed by atoms with van der Waals surface area (Å²) in [5.41, 5.74) is 5.80. The number of hydrogen-bond acceptors (Lipinski definition) is 4. The quantitative estimate of drug-likeness (QED) is 0.724. The van der Waals surface area contributed by atoms with Crippen LogP contribution in [0.1, 0.15) is 19.8 Å². The number of fused-ring (bicyclic) bond motifs is 1. The van der Waals surface area contributed by atoms with Crippen LogP contribution in [0.15, 0.2) is 0 Å². The van der Waals surface area contributed by atoms with E-state index in [0.717, 1.165) is 12.8 Å². The van der Waals surface area contributed by atoms with E-state index in [-0.39, 0.29) is 31.1 Å². The van der Waals surface area contributed by atoms with Crippen LogP contribution in [0.2, 0.25) is 0 Å². The van der Waals surface area contributed by atoms with Crippen LogP contribution in [0.5, 0.6) is 0 Å². The topological polar surface area (TPSA) is 82.4 Å². The summed E-state index contributed by atoms with van der Waals surface area (Å²) < 4.78 is 5.51. The summed E-state index contributed by atoms with van der Waals surface area (Å²) in [6.07, 6.45) is 0.644. The van der Waals surface area contributed by atoms with Crippen molar-refractivity contribution in [2.75, 3.05) is 27.9 Å². The van der Waals surface area contributed by atoms with Crippen LogP contribution in [0, 0.1) is 0 Å². The van der Waals surface area contributed by atoms with Gasteiger partial charge in [-0.15, -0.1) is 0 Å². The zero-order valence-electron chi connectivity index (χ0n) is 12.4. The fourth-order valence-corrected chi connectivity index (χ4v) is 2.81. The molecular weight excluding hydrogens is 262 g/mol. The number of nitrogens with two attached hydrogens (primary N) is 1. The van der Waals surface area contributed by atoms with E-state index < -0.39 is 6.23 Å². The summed E-state index contributed by atoms with van der Waals surface area (Å²) in [5.74, 6) is 0. The van der Waals surface area contributed by atoms with Crippen LogP contribution in [-0.4, -0.2) is 78.1 Å². The maximum atomic E-state index is 12.3. The molecule has 8 nitrogen and oxygen atoms in total. The molecule has 2 aliphatic rings. The molecule has 20 heavy (non-hydrogen) atoms. The number of likely N-dealkylation sites (N-methyl/N-ethyl adjacent to an activating group) is 3. The Morgan fingerprint density at radius 3 is 2.25 bits per heavy atom. The van der Waals surface area contributed by atoms with E-state index in [9.17, 15) is 9.59 Å². The van der Waals surface area contributed by atoms with E-state index in [0.29, 0.717) is 0 Å². The second-order valence-electron chi connectivity index (χ2n) is 5.32. The Morgan fingerprint density at radius 1 is 1.10 bits per heavy atom. The lowest BCUT2D eigenvalue weighted by Gasteiger charge is -2.27. The molecule has 2 N–H and O–H groups in total. The summed E-state index contributed by atoms with van der Waals surface area (Å²) in [4.78, 5) is 30.5. The molecular formula is C12H23N5O3. The third kappa shape index (κ3) is 2.18. The standard InChI is InChI=1S/C12H23N5O3/c1-5-6-8(13)20-7-17-10-9(15(3)12(17)19)14(2)11(18)16(10)4/h8-10H,5-7,13H2,1-4H3. The van der Waals surface area contributed by atoms with Crippen molar-refractivity contribution in [2.45, 2.75) is 38.3 Å². The molecule has 3 unspecified atom stereocenters. The lowest BCUT2D eigenvalue weighted by Crippen LogP contribution is -2.46. The summed E-state index contributed by atoms with van der Waals surface area (Å²) in [6, 6.07) is -0.267. The van der Waals surface area contributed by atoms with E-state index in [1.165, 1.54) is 0 Å². The molecule has 2 aliphatic heterocycles. The predicted molar refractivity (Wildman–Crippen MR) is 72.3 cm³/mol. The van der Waals surface area contributed by atoms with Gasteiger partial charge in [0.15, 0.2) is 6.17 Å². The lowest BCUT2D eigenvalue weighted by atomic mass is 10.3. The maximum absolute atomic E-state index is 12.3. The molecule has 2 rings (SSSR count). The van der Waals surface area contributed by atoms with Gasteiger partial charge in [0.1, 0.15) is 19.1 Å². The molecule has 2 fully saturated rings. The maximum Gasteiger partial charge on any atom is 0.325 e. The van der Waals surface area contributed by atoms with Crippen molar-refractivity contribution in [1.29, 1.82) is 0 Å². The van der Waals surface area contributed by atoms with Crippen molar-refractivity contribution in [1.82, 2.24) is 19.6 Å². The molecule has 0 radical (unpaired) electrons. The molecule has 0 aromatic heterocycles. The Hall–Kier alpha value is -1.54. The minimum absolute atomic E-state index is 0.0942. The zero-order chi connectivity index (χ0) is 15.0. The predicted octanol–water partition coefficient (Wildman–Crippen LogP) is 0.0622. The summed E-state index contributed by atoms with van der Waals surface area (Å²) in [7, 11) is 5.07. The van der Waals surface area contributed by atoms with E-state index in [1.807, 2.05) is 6.92 Å². The molecule has 2 saturated heterocycles. The van der Waals surface area contributed by atoms with Crippen molar-refractivity contribution in [3.05, 3.63) is 0 Å². The fourth-order valence-electron chi connectivity index (χ4n) is 2.81. The van der Waals surface area contributed by atoms with Crippen molar-refractivity contribution in [3.8, 4) is 0 Å². The molecule has 0 bridgehead atoms. The minimum atomic E-state index is -0.391. The molecule has 0 aromatic rings. The zero-order valence-corrected chi connectivity index (χ0v) is 12.4. The normalized spacial score (nSPS) is 27.6. The SMILES string of the molecule is CCCC(N)OCN1C(=O)N(C)C2C1N(C)C(=O)N2C. The Labute approximate surface area is 119 Å². The van der Waals surface area contributed by atoms with Crippen molar-refractivity contribution in [2.24, 2.45) is 5.73 Å². The van der Waals surface area contributed by atoms with Gasteiger partial charge in [-0.1, -0.05) is 13.3 Å². The first kappa shape index (κ1) is 14.9. The Bertz CT molecular complexity index is 405. The van der Waals surface area contributed by atoms with E-state index in [4.69, 9.17) is 10.5 Å². The summed E-state index contributed by atoms with van der Waals surface area (Å²) >= 11 is 0. The number of hydrogen-bond donors (Lipinski definition) is 1. The van der Waals surface area contributed by atoms with Gasteiger partial charge in [-0.25, -0.2) is 9.59 Å². The van der Waals surface area contributed by atoms with Crippen molar-refractivity contribution in [3.63, 3.8) is 0 Å². The number of amides is 4. The average molecular weight is 285 g/mol. The minimum Gasteiger partial charge on any atom is -0.343 e. The first-order chi connectivity index (χ1) is 9.40. The third-order valence-electron chi connectivity index (χ3n) is 3.93. The second-order valence-corrected chi connectivity index (χ2v) is 5.32. The fraction of sp³-hybridized carbons (Fsp3) is 0.833. The molecule has 0 spiro atoms. The molecule has 0 aliphatic carbocycles. The second kappa shape index (κ2) is 5.45. The number of nitrogens with zero attached hydrogens (tertiary/aromatic N) is 4. The lowest BCUT2D eigenvalue weighted by molar-refractivity contribution is -0.0281. The van der Waals surface area contributed by atoms with Gasteiger partial charge < -0.3 is 25.2 Å². The van der Waals surface area contributed by atoms with Gasteiger partial charge in [-0.3, -0.25) is 4.90 Å². The highest BCUT2D eigenvalue weighted by Crippen LogP contribution is 2.31. The first-order valence-corrected chi connectivity index (χ1v) is 6.80. The Kier molecular flexibility index (Phi) is 4.05. The van der Waals surface area contributed by atoms with Gasteiger partial charge in [0.25, 0.3) is 0 Å². The molecule has 2 heterocycles. The van der Waals surface area contributed by atoms with Gasteiger partial charge in [0.2, 0.25) is 0 Å². The highest BCUT2D eigenvalue weighted by molar-refractivity contribution is 5.84. The van der Waals surface area contributed by atoms with Gasteiger partial charge in [-0.05, 0) is 6.42 Å². The molecule has 0 saturated carbocycles. The van der Waals surface area contributed by atoms with E-state index >= 15 is 0 Å². The number of ether oxygens (including phenoxy) is 1. The van der Waals surface area contributed by atoms with Crippen LogP contribution in [0.3, 0.4) is 0 Å². The van der Waals surface area contributed by atoms with Gasteiger partial charge in [0, 0.05) is 21.1 Å². The average Bonchev–Trinajstić information content (AvgIpc) is 2.78. The monoisotopic (exact) mass is 285 g/mol. The van der Waals surface area contributed by atoms with Crippen LogP contribution in [0.4, 0.5) is 9.59 Å². The largest absolute Gasteiger partial charge is 0.343 e. The summed E-state index contributed by atoms with van der Waals surface area (Å²) in [6.45, 7) is 2.11. The van der Waals surface area contributed by atoms with Crippen molar-refractivity contribution >= 4 is 12.1 Å². The van der Waals surface area contributed by atoms with E-state index in [1.54, 1.807) is 40.7 Å². The number of rotatable bonds is 5. The molecule has 3 atom stereocenters. The van der Waals surface area contributed by atoms with Crippen LogP contribution < -0.4 is 5.73 Å². The summed E-state index contributed by atoms with van der Waals surface area (Å²) in [5, 5.41) is 0. The van der Waals surface area contributed by atoms with Crippen LogP contribution in [-0.2, 0) is 4.74 Å². The van der Waals surface area contributed by atoms with Gasteiger partial charge in [-0.2, -0.15) is 0 Å². The highest BCUT2D eigenvalue weighted by atomic mass is 16.5. The number of carbonyl (C=O) groups is 2. The smallest absolute Gasteiger partial charge is 0.325 e. The van der Waals surface area contributed by atoms with Gasteiger partial charge in [0.05, 0.1) is 0 Å². The molecule has 114 valence electrons. The number of carbonyl (C=O) groups excluding carboxylic acids is 2. The van der Waals surface area contributed by atoms with Crippen molar-refractivity contribution < 1.29 is 14.3 Å². The first-order valence-electron chi connectivity index (χ1n) is 6.80. The highest BCUT2D eigenvalue weighted by Gasteiger charge is 2.55. The molecule has 8 heteroatoms. The molecule has 4 amide bonds. The Morgan fingerprint density at radius 2 is 1.65 bits per heavy atom. The Balaban J connectivity index is 2.09. The van der Waals surface area contributed by atoms with Crippen LogP contribution >= 0.6 is 0 Å². The number of urea groups is 2. The van der Waals surface area contributed by atoms with Gasteiger partial charge >= 0.3 is 12.1 Å².